The zero-order chi connectivity index (χ0) is 20.5. The van der Waals surface area contributed by atoms with E-state index < -0.39 is 23.5 Å². The molecule has 2 aromatic carbocycles. The summed E-state index contributed by atoms with van der Waals surface area (Å²) < 4.78 is 22.7. The molecule has 0 fully saturated rings. The van der Waals surface area contributed by atoms with Crippen molar-refractivity contribution in [2.45, 2.75) is 25.4 Å². The van der Waals surface area contributed by atoms with Gasteiger partial charge in [0, 0.05) is 39.8 Å². The van der Waals surface area contributed by atoms with Crippen molar-refractivity contribution in [1.82, 2.24) is 0 Å². The molecule has 0 aliphatic carbocycles. The fourth-order valence-corrected chi connectivity index (χ4v) is 2.88. The van der Waals surface area contributed by atoms with Crippen molar-refractivity contribution < 1.29 is 33.6 Å². The van der Waals surface area contributed by atoms with Crippen molar-refractivity contribution in [3.8, 4) is 11.5 Å². The smallest absolute Gasteiger partial charge is 0.336 e. The molecule has 2 atom stereocenters. The van der Waals surface area contributed by atoms with Gasteiger partial charge in [-0.1, -0.05) is 12.1 Å². The summed E-state index contributed by atoms with van der Waals surface area (Å²) in [6, 6.07) is 10.8. The molecule has 3 rings (SSSR count). The van der Waals surface area contributed by atoms with E-state index in [-0.39, 0.29) is 11.1 Å². The van der Waals surface area contributed by atoms with Gasteiger partial charge in [-0.3, -0.25) is 4.79 Å². The second-order valence-corrected chi connectivity index (χ2v) is 6.47. The minimum absolute atomic E-state index is 0.0542. The Morgan fingerprint density at radius 3 is 2.07 bits per heavy atom. The van der Waals surface area contributed by atoms with Crippen molar-refractivity contribution in [2.75, 3.05) is 19.5 Å². The Hall–Kier alpha value is -3.10. The van der Waals surface area contributed by atoms with E-state index in [1.165, 1.54) is 26.4 Å². The Kier molecular flexibility index (Phi) is 5.01. The maximum Gasteiger partial charge on any atom is 0.336 e. The number of methoxy groups -OCH3 is 2. The molecule has 0 saturated carbocycles. The summed E-state index contributed by atoms with van der Waals surface area (Å²) in [6.07, 6.45) is 0. The van der Waals surface area contributed by atoms with Gasteiger partial charge in [0.05, 0.1) is 11.1 Å². The van der Waals surface area contributed by atoms with E-state index in [1.54, 1.807) is 44.2 Å². The molecular formula is C20H21NO7. The van der Waals surface area contributed by atoms with Crippen LogP contribution in [-0.4, -0.2) is 42.8 Å². The molecule has 1 heterocycles. The maximum absolute atomic E-state index is 12.5. The van der Waals surface area contributed by atoms with Gasteiger partial charge in [0.15, 0.2) is 11.5 Å². The summed E-state index contributed by atoms with van der Waals surface area (Å²) >= 11 is 0. The molecule has 2 N–H and O–H groups in total. The van der Waals surface area contributed by atoms with E-state index in [2.05, 4.69) is 5.32 Å². The normalized spacial score (nSPS) is 23.1. The van der Waals surface area contributed by atoms with E-state index in [4.69, 9.17) is 18.9 Å². The number of carboxylic acids is 1. The number of amides is 1. The highest BCUT2D eigenvalue weighted by atomic mass is 16.8. The third-order valence-corrected chi connectivity index (χ3v) is 4.82. The Balaban J connectivity index is 1.89. The third-order valence-electron chi connectivity index (χ3n) is 4.82. The molecule has 8 nitrogen and oxygen atoms in total. The first-order valence-electron chi connectivity index (χ1n) is 8.49. The molecule has 0 saturated heterocycles. The van der Waals surface area contributed by atoms with Crippen molar-refractivity contribution in [2.24, 2.45) is 0 Å². The second-order valence-electron chi connectivity index (χ2n) is 6.47. The van der Waals surface area contributed by atoms with Crippen molar-refractivity contribution in [3.05, 3.63) is 53.6 Å². The van der Waals surface area contributed by atoms with E-state index in [1.807, 2.05) is 0 Å². The molecule has 148 valence electrons. The van der Waals surface area contributed by atoms with Crippen LogP contribution in [0.15, 0.2) is 42.5 Å². The van der Waals surface area contributed by atoms with Crippen molar-refractivity contribution in [3.63, 3.8) is 0 Å². The quantitative estimate of drug-likeness (QED) is 0.812. The van der Waals surface area contributed by atoms with Crippen LogP contribution >= 0.6 is 0 Å². The largest absolute Gasteiger partial charge is 0.478 e. The number of carbonyl (C=O) groups is 2. The van der Waals surface area contributed by atoms with Gasteiger partial charge in [0.25, 0.3) is 17.5 Å². The molecule has 1 aliphatic rings. The Labute approximate surface area is 162 Å². The number of rotatable bonds is 5. The van der Waals surface area contributed by atoms with Crippen LogP contribution in [0.1, 0.15) is 34.6 Å². The first kappa shape index (κ1) is 19.7. The fourth-order valence-electron chi connectivity index (χ4n) is 2.88. The van der Waals surface area contributed by atoms with E-state index in [9.17, 15) is 14.7 Å². The number of ether oxygens (including phenoxy) is 4. The number of anilines is 1. The number of hydrogen-bond acceptors (Lipinski definition) is 6. The Morgan fingerprint density at radius 1 is 0.929 bits per heavy atom. The Bertz CT molecular complexity index is 929. The first-order chi connectivity index (χ1) is 13.2. The molecule has 0 bridgehead atoms. The lowest BCUT2D eigenvalue weighted by atomic mass is 10.1. The predicted octanol–water partition coefficient (Wildman–Crippen LogP) is 3.13. The summed E-state index contributed by atoms with van der Waals surface area (Å²) in [5, 5.41) is 11.9. The molecule has 2 aromatic rings. The van der Waals surface area contributed by atoms with Gasteiger partial charge in [0.1, 0.15) is 0 Å². The topological polar surface area (TPSA) is 103 Å². The number of benzene rings is 2. The van der Waals surface area contributed by atoms with Gasteiger partial charge in [-0.15, -0.1) is 0 Å². The molecular weight excluding hydrogens is 366 g/mol. The predicted molar refractivity (Wildman–Crippen MR) is 99.9 cm³/mol. The van der Waals surface area contributed by atoms with Gasteiger partial charge in [-0.2, -0.15) is 0 Å². The summed E-state index contributed by atoms with van der Waals surface area (Å²) in [4.78, 5) is 23.9. The Morgan fingerprint density at radius 2 is 1.50 bits per heavy atom. The van der Waals surface area contributed by atoms with E-state index in [0.29, 0.717) is 17.2 Å². The highest BCUT2D eigenvalue weighted by Crippen LogP contribution is 2.45. The monoisotopic (exact) mass is 387 g/mol. The number of hydrogen-bond donors (Lipinski definition) is 2. The van der Waals surface area contributed by atoms with Crippen LogP contribution in [0.3, 0.4) is 0 Å². The lowest BCUT2D eigenvalue weighted by molar-refractivity contribution is -0.345. The molecule has 28 heavy (non-hydrogen) atoms. The SMILES string of the molecule is COC1(C)Oc2ccc(NC(=O)c3ccccc3C(=O)O)cc2OC1(C)OC. The second kappa shape index (κ2) is 7.14. The number of nitrogens with one attached hydrogen (secondary N) is 1. The van der Waals surface area contributed by atoms with Gasteiger partial charge >= 0.3 is 5.97 Å². The lowest BCUT2D eigenvalue weighted by Gasteiger charge is -2.46. The standard InChI is InChI=1S/C20H21NO7/c1-19(25-3)20(2,26-4)28-16-11-12(9-10-15(16)27-19)21-17(22)13-7-5-6-8-14(13)18(23)24/h5-11H,1-4H3,(H,21,22)(H,23,24). The molecule has 0 radical (unpaired) electrons. The lowest BCUT2D eigenvalue weighted by Crippen LogP contribution is -2.62. The van der Waals surface area contributed by atoms with E-state index in [0.717, 1.165) is 0 Å². The minimum Gasteiger partial charge on any atom is -0.478 e. The highest BCUT2D eigenvalue weighted by molar-refractivity contribution is 6.10. The van der Waals surface area contributed by atoms with Gasteiger partial charge in [-0.25, -0.2) is 4.79 Å². The average Bonchev–Trinajstić information content (AvgIpc) is 2.69. The molecule has 0 spiro atoms. The van der Waals surface area contributed by atoms with E-state index >= 15 is 0 Å². The zero-order valence-corrected chi connectivity index (χ0v) is 15.9. The summed E-state index contributed by atoms with van der Waals surface area (Å²) in [7, 11) is 2.96. The molecule has 2 unspecified atom stereocenters. The molecule has 0 aromatic heterocycles. The molecule has 1 aliphatic heterocycles. The highest BCUT2D eigenvalue weighted by Gasteiger charge is 2.54. The van der Waals surface area contributed by atoms with Crippen LogP contribution in [0.4, 0.5) is 5.69 Å². The van der Waals surface area contributed by atoms with Crippen LogP contribution in [0, 0.1) is 0 Å². The van der Waals surface area contributed by atoms with Gasteiger partial charge < -0.3 is 29.4 Å². The van der Waals surface area contributed by atoms with Crippen molar-refractivity contribution >= 4 is 17.6 Å². The van der Waals surface area contributed by atoms with Crippen LogP contribution in [0.5, 0.6) is 11.5 Å². The summed E-state index contributed by atoms with van der Waals surface area (Å²) in [6.45, 7) is 3.37. The fraction of sp³-hybridized carbons (Fsp3) is 0.300. The van der Waals surface area contributed by atoms with Crippen LogP contribution < -0.4 is 14.8 Å². The third kappa shape index (κ3) is 3.28. The number of carboxylic acid groups (broad SMARTS) is 1. The number of aromatic carboxylic acids is 1. The number of fused-ring (bicyclic) bond motifs is 1. The summed E-state index contributed by atoms with van der Waals surface area (Å²) in [5.74, 6) is -3.37. The van der Waals surface area contributed by atoms with Crippen molar-refractivity contribution in [1.29, 1.82) is 0 Å². The van der Waals surface area contributed by atoms with Gasteiger partial charge in [-0.05, 0) is 24.3 Å². The average molecular weight is 387 g/mol. The van der Waals surface area contributed by atoms with Crippen LogP contribution in [-0.2, 0) is 9.47 Å². The minimum atomic E-state index is -1.23. The molecule has 1 amide bonds. The molecule has 8 heteroatoms. The van der Waals surface area contributed by atoms with Crippen LogP contribution in [0.2, 0.25) is 0 Å². The zero-order valence-electron chi connectivity index (χ0n) is 15.9. The first-order valence-corrected chi connectivity index (χ1v) is 8.49. The van der Waals surface area contributed by atoms with Gasteiger partial charge in [0.2, 0.25) is 0 Å². The number of carbonyl (C=O) groups excluding carboxylic acids is 1. The maximum atomic E-state index is 12.5. The van der Waals surface area contributed by atoms with Crippen LogP contribution in [0.25, 0.3) is 0 Å². The summed E-state index contributed by atoms with van der Waals surface area (Å²) in [5.41, 5.74) is 0.381.